The predicted octanol–water partition coefficient (Wildman–Crippen LogP) is 3.08. The molecule has 1 aliphatic heterocycles. The standard InChI is InChI=1S/C16H20N2O/c1-4-12-7-6-8-13(5-2)16(12)18-11(3)14(10-17)9-15(18)19/h6-8,11,14H,4-5,9H2,1-3H3. The third kappa shape index (κ3) is 2.23. The first-order chi connectivity index (χ1) is 9.13. The fourth-order valence-corrected chi connectivity index (χ4v) is 2.87. The van der Waals surface area contributed by atoms with Gasteiger partial charge in [-0.2, -0.15) is 5.26 Å². The van der Waals surface area contributed by atoms with E-state index in [0.717, 1.165) is 18.5 Å². The molecular weight excluding hydrogens is 236 g/mol. The summed E-state index contributed by atoms with van der Waals surface area (Å²) in [6, 6.07) is 8.43. The minimum absolute atomic E-state index is 0.0319. The van der Waals surface area contributed by atoms with Gasteiger partial charge in [-0.3, -0.25) is 4.79 Å². The van der Waals surface area contributed by atoms with Crippen molar-refractivity contribution in [3.63, 3.8) is 0 Å². The Morgan fingerprint density at radius 3 is 2.32 bits per heavy atom. The first-order valence-corrected chi connectivity index (χ1v) is 6.96. The third-order valence-electron chi connectivity index (χ3n) is 4.02. The van der Waals surface area contributed by atoms with Crippen LogP contribution in [-0.4, -0.2) is 11.9 Å². The number of nitrogens with zero attached hydrogens (tertiary/aromatic N) is 2. The van der Waals surface area contributed by atoms with Gasteiger partial charge in [-0.15, -0.1) is 0 Å². The van der Waals surface area contributed by atoms with Crippen LogP contribution in [0.3, 0.4) is 0 Å². The van der Waals surface area contributed by atoms with Gasteiger partial charge in [0.1, 0.15) is 0 Å². The van der Waals surface area contributed by atoms with Gasteiger partial charge in [-0.05, 0) is 30.9 Å². The minimum atomic E-state index is -0.192. The van der Waals surface area contributed by atoms with Crippen molar-refractivity contribution in [3.05, 3.63) is 29.3 Å². The Morgan fingerprint density at radius 1 is 1.32 bits per heavy atom. The molecule has 19 heavy (non-hydrogen) atoms. The van der Waals surface area contributed by atoms with Gasteiger partial charge in [0.2, 0.25) is 5.91 Å². The summed E-state index contributed by atoms with van der Waals surface area (Å²) in [5.41, 5.74) is 3.43. The highest BCUT2D eigenvalue weighted by molar-refractivity contribution is 5.98. The van der Waals surface area contributed by atoms with Crippen LogP contribution in [0.15, 0.2) is 18.2 Å². The lowest BCUT2D eigenvalue weighted by Crippen LogP contribution is -2.34. The molecular formula is C16H20N2O. The number of amides is 1. The van der Waals surface area contributed by atoms with Gasteiger partial charge >= 0.3 is 0 Å². The van der Waals surface area contributed by atoms with Gasteiger partial charge in [0.25, 0.3) is 0 Å². The number of anilines is 1. The van der Waals surface area contributed by atoms with Crippen molar-refractivity contribution < 1.29 is 4.79 Å². The Morgan fingerprint density at radius 2 is 1.89 bits per heavy atom. The molecule has 3 nitrogen and oxygen atoms in total. The second-order valence-corrected chi connectivity index (χ2v) is 5.08. The molecule has 0 aromatic heterocycles. The lowest BCUT2D eigenvalue weighted by molar-refractivity contribution is -0.117. The van der Waals surface area contributed by atoms with E-state index in [9.17, 15) is 4.79 Å². The molecule has 1 amide bonds. The largest absolute Gasteiger partial charge is 0.308 e. The van der Waals surface area contributed by atoms with E-state index >= 15 is 0 Å². The smallest absolute Gasteiger partial charge is 0.228 e. The number of hydrogen-bond acceptors (Lipinski definition) is 2. The third-order valence-corrected chi connectivity index (χ3v) is 4.02. The van der Waals surface area contributed by atoms with E-state index in [1.807, 2.05) is 17.9 Å². The van der Waals surface area contributed by atoms with Gasteiger partial charge in [-0.25, -0.2) is 0 Å². The number of hydrogen-bond donors (Lipinski definition) is 0. The zero-order chi connectivity index (χ0) is 14.0. The average Bonchev–Trinajstić information content (AvgIpc) is 2.72. The first-order valence-electron chi connectivity index (χ1n) is 6.96. The molecule has 0 spiro atoms. The maximum Gasteiger partial charge on any atom is 0.228 e. The maximum atomic E-state index is 12.3. The van der Waals surface area contributed by atoms with E-state index in [-0.39, 0.29) is 17.9 Å². The molecule has 1 aromatic rings. The quantitative estimate of drug-likeness (QED) is 0.834. The Bertz CT molecular complexity index is 508. The lowest BCUT2D eigenvalue weighted by Gasteiger charge is -2.27. The molecule has 0 N–H and O–H groups in total. The first kappa shape index (κ1) is 13.6. The van der Waals surface area contributed by atoms with E-state index in [1.54, 1.807) is 0 Å². The number of para-hydroxylation sites is 1. The van der Waals surface area contributed by atoms with E-state index in [1.165, 1.54) is 11.1 Å². The van der Waals surface area contributed by atoms with Crippen LogP contribution in [0.1, 0.15) is 38.3 Å². The van der Waals surface area contributed by atoms with Crippen molar-refractivity contribution in [2.24, 2.45) is 5.92 Å². The summed E-state index contributed by atoms with van der Waals surface area (Å²) in [6.45, 7) is 6.18. The maximum absolute atomic E-state index is 12.3. The monoisotopic (exact) mass is 256 g/mol. The Kier molecular flexibility index (Phi) is 3.90. The van der Waals surface area contributed by atoms with E-state index in [0.29, 0.717) is 6.42 Å². The molecule has 100 valence electrons. The van der Waals surface area contributed by atoms with Crippen molar-refractivity contribution >= 4 is 11.6 Å². The number of aryl methyl sites for hydroxylation is 2. The topological polar surface area (TPSA) is 44.1 Å². The minimum Gasteiger partial charge on any atom is -0.308 e. The van der Waals surface area contributed by atoms with Crippen LogP contribution < -0.4 is 4.90 Å². The van der Waals surface area contributed by atoms with Gasteiger partial charge in [0, 0.05) is 6.42 Å². The molecule has 1 aliphatic rings. The van der Waals surface area contributed by atoms with Crippen LogP contribution in [0.25, 0.3) is 0 Å². The highest BCUT2D eigenvalue weighted by atomic mass is 16.2. The molecule has 2 unspecified atom stereocenters. The normalized spacial score (nSPS) is 22.6. The molecule has 2 rings (SSSR count). The van der Waals surface area contributed by atoms with Gasteiger partial charge < -0.3 is 4.90 Å². The summed E-state index contributed by atoms with van der Waals surface area (Å²) in [4.78, 5) is 14.1. The predicted molar refractivity (Wildman–Crippen MR) is 75.9 cm³/mol. The molecule has 1 saturated heterocycles. The van der Waals surface area contributed by atoms with E-state index < -0.39 is 0 Å². The zero-order valence-corrected chi connectivity index (χ0v) is 11.8. The van der Waals surface area contributed by atoms with Crippen LogP contribution in [0.2, 0.25) is 0 Å². The molecule has 0 aliphatic carbocycles. The molecule has 2 atom stereocenters. The lowest BCUT2D eigenvalue weighted by atomic mass is 10.00. The molecule has 1 heterocycles. The zero-order valence-electron chi connectivity index (χ0n) is 11.8. The highest BCUT2D eigenvalue weighted by Gasteiger charge is 2.39. The second-order valence-electron chi connectivity index (χ2n) is 5.08. The summed E-state index contributed by atoms with van der Waals surface area (Å²) >= 11 is 0. The number of carbonyl (C=O) groups is 1. The Labute approximate surface area is 114 Å². The van der Waals surface area contributed by atoms with Gasteiger partial charge in [0.15, 0.2) is 0 Å². The summed E-state index contributed by atoms with van der Waals surface area (Å²) in [7, 11) is 0. The van der Waals surface area contributed by atoms with Crippen LogP contribution in [0.5, 0.6) is 0 Å². The fourth-order valence-electron chi connectivity index (χ4n) is 2.87. The number of nitriles is 1. The Balaban J connectivity index is 2.52. The summed E-state index contributed by atoms with van der Waals surface area (Å²) in [6.07, 6.45) is 2.15. The summed E-state index contributed by atoms with van der Waals surface area (Å²) in [5, 5.41) is 9.14. The SMILES string of the molecule is CCc1cccc(CC)c1N1C(=O)CC(C#N)C1C. The number of rotatable bonds is 3. The van der Waals surface area contributed by atoms with Crippen molar-refractivity contribution in [2.75, 3.05) is 4.90 Å². The number of carbonyl (C=O) groups excluding carboxylic acids is 1. The Hall–Kier alpha value is -1.82. The van der Waals surface area contributed by atoms with E-state index in [2.05, 4.69) is 32.0 Å². The molecule has 1 aromatic carbocycles. The number of benzene rings is 1. The molecule has 0 radical (unpaired) electrons. The highest BCUT2D eigenvalue weighted by Crippen LogP contribution is 2.35. The van der Waals surface area contributed by atoms with Crippen molar-refractivity contribution in [1.82, 2.24) is 0 Å². The average molecular weight is 256 g/mol. The molecule has 1 fully saturated rings. The van der Waals surface area contributed by atoms with Crippen LogP contribution in [-0.2, 0) is 17.6 Å². The molecule has 3 heteroatoms. The van der Waals surface area contributed by atoms with Crippen LogP contribution >= 0.6 is 0 Å². The van der Waals surface area contributed by atoms with Crippen LogP contribution in [0, 0.1) is 17.2 Å². The van der Waals surface area contributed by atoms with Crippen molar-refractivity contribution in [2.45, 2.75) is 46.1 Å². The molecule has 0 bridgehead atoms. The van der Waals surface area contributed by atoms with E-state index in [4.69, 9.17) is 5.26 Å². The van der Waals surface area contributed by atoms with Gasteiger partial charge in [-0.1, -0.05) is 32.0 Å². The fraction of sp³-hybridized carbons (Fsp3) is 0.500. The second kappa shape index (κ2) is 5.44. The summed E-state index contributed by atoms with van der Waals surface area (Å²) in [5.74, 6) is -0.114. The van der Waals surface area contributed by atoms with Crippen molar-refractivity contribution in [1.29, 1.82) is 5.26 Å². The van der Waals surface area contributed by atoms with Crippen molar-refractivity contribution in [3.8, 4) is 6.07 Å². The molecule has 0 saturated carbocycles. The van der Waals surface area contributed by atoms with Crippen LogP contribution in [0.4, 0.5) is 5.69 Å². The van der Waals surface area contributed by atoms with Gasteiger partial charge in [0.05, 0.1) is 23.7 Å². The summed E-state index contributed by atoms with van der Waals surface area (Å²) < 4.78 is 0.